The molecule has 0 amide bonds. The Kier molecular flexibility index (Phi) is 4.43. The molecule has 19 heavy (non-hydrogen) atoms. The van der Waals surface area contributed by atoms with Crippen molar-refractivity contribution in [3.05, 3.63) is 40.6 Å². The maximum atomic E-state index is 12.0. The minimum absolute atomic E-state index is 0.117. The van der Waals surface area contributed by atoms with E-state index in [0.29, 0.717) is 17.2 Å². The van der Waals surface area contributed by atoms with Gasteiger partial charge in [-0.2, -0.15) is 0 Å². The quantitative estimate of drug-likeness (QED) is 0.890. The molecule has 8 heteroatoms. The van der Waals surface area contributed by atoms with Crippen LogP contribution >= 0.6 is 15.9 Å². The first-order valence-electron chi connectivity index (χ1n) is 5.33. The van der Waals surface area contributed by atoms with Gasteiger partial charge in [-0.25, -0.2) is 4.79 Å². The summed E-state index contributed by atoms with van der Waals surface area (Å²) in [7, 11) is -1.16. The van der Waals surface area contributed by atoms with E-state index in [4.69, 9.17) is 5.11 Å². The highest BCUT2D eigenvalue weighted by Gasteiger charge is 2.09. The molecule has 0 aliphatic carbocycles. The summed E-state index contributed by atoms with van der Waals surface area (Å²) >= 11 is 3.32. The predicted molar refractivity (Wildman–Crippen MR) is 72.4 cm³/mol. The minimum Gasteiger partial charge on any atom is -0.476 e. The third-order valence-corrected chi connectivity index (χ3v) is 4.15. The summed E-state index contributed by atoms with van der Waals surface area (Å²) in [5.74, 6) is -0.779. The highest BCUT2D eigenvalue weighted by Crippen LogP contribution is 2.15. The van der Waals surface area contributed by atoms with E-state index in [1.54, 1.807) is 12.1 Å². The predicted octanol–water partition coefficient (Wildman–Crippen LogP) is 1.55. The van der Waals surface area contributed by atoms with E-state index in [-0.39, 0.29) is 5.69 Å². The van der Waals surface area contributed by atoms with Crippen LogP contribution in [-0.2, 0) is 17.3 Å². The first-order valence-corrected chi connectivity index (χ1v) is 7.45. The molecule has 1 unspecified atom stereocenters. The smallest absolute Gasteiger partial charge is 0.358 e. The third kappa shape index (κ3) is 3.71. The molecule has 0 aliphatic rings. The molecule has 1 aromatic carbocycles. The van der Waals surface area contributed by atoms with Gasteiger partial charge in [0, 0.05) is 15.1 Å². The van der Waals surface area contributed by atoms with Gasteiger partial charge in [0.25, 0.3) is 0 Å². The van der Waals surface area contributed by atoms with E-state index in [2.05, 4.69) is 26.2 Å². The average Bonchev–Trinajstić information content (AvgIpc) is 2.85. The number of carboxylic acid groups (broad SMARTS) is 1. The van der Waals surface area contributed by atoms with E-state index in [0.717, 1.165) is 4.47 Å². The van der Waals surface area contributed by atoms with E-state index in [1.807, 2.05) is 12.1 Å². The Morgan fingerprint density at radius 1 is 1.47 bits per heavy atom. The number of carboxylic acids is 1. The van der Waals surface area contributed by atoms with Crippen LogP contribution in [0.5, 0.6) is 0 Å². The van der Waals surface area contributed by atoms with Crippen LogP contribution in [0.1, 0.15) is 10.5 Å². The van der Waals surface area contributed by atoms with Crippen molar-refractivity contribution in [2.45, 2.75) is 11.4 Å². The molecular weight excluding hydrogens is 334 g/mol. The molecule has 0 aliphatic heterocycles. The maximum absolute atomic E-state index is 12.0. The van der Waals surface area contributed by atoms with Crippen molar-refractivity contribution < 1.29 is 14.1 Å². The average molecular weight is 344 g/mol. The number of nitrogens with zero attached hydrogens (tertiary/aromatic N) is 3. The van der Waals surface area contributed by atoms with Crippen LogP contribution in [0.2, 0.25) is 0 Å². The van der Waals surface area contributed by atoms with Gasteiger partial charge in [0.2, 0.25) is 0 Å². The number of rotatable bonds is 5. The van der Waals surface area contributed by atoms with Crippen LogP contribution in [0, 0.1) is 0 Å². The number of aromatic carboxylic acids is 1. The van der Waals surface area contributed by atoms with Gasteiger partial charge in [0.05, 0.1) is 23.5 Å². The molecule has 0 saturated heterocycles. The molecule has 1 atom stereocenters. The summed E-state index contributed by atoms with van der Waals surface area (Å²) in [4.78, 5) is 11.3. The Bertz CT molecular complexity index is 629. The Hall–Kier alpha value is -1.54. The number of carbonyl (C=O) groups is 1. The normalized spacial score (nSPS) is 12.3. The molecule has 1 N–H and O–H groups in total. The Balaban J connectivity index is 1.98. The lowest BCUT2D eigenvalue weighted by molar-refractivity contribution is 0.0690. The van der Waals surface area contributed by atoms with Gasteiger partial charge in [-0.1, -0.05) is 27.2 Å². The van der Waals surface area contributed by atoms with E-state index in [1.165, 1.54) is 10.9 Å². The van der Waals surface area contributed by atoms with Crippen LogP contribution in [0.15, 0.2) is 39.8 Å². The van der Waals surface area contributed by atoms with Gasteiger partial charge >= 0.3 is 5.97 Å². The second kappa shape index (κ2) is 6.07. The topological polar surface area (TPSA) is 85.1 Å². The minimum atomic E-state index is -1.16. The van der Waals surface area contributed by atoms with Crippen molar-refractivity contribution in [3.8, 4) is 0 Å². The van der Waals surface area contributed by atoms with Crippen molar-refractivity contribution in [1.82, 2.24) is 15.0 Å². The van der Waals surface area contributed by atoms with Crippen molar-refractivity contribution in [3.63, 3.8) is 0 Å². The zero-order valence-corrected chi connectivity index (χ0v) is 12.1. The molecular formula is C11H10BrN3O3S. The molecule has 0 radical (unpaired) electrons. The van der Waals surface area contributed by atoms with Crippen LogP contribution in [0.4, 0.5) is 0 Å². The van der Waals surface area contributed by atoms with Crippen LogP contribution in [-0.4, -0.2) is 36.0 Å². The number of halogens is 1. The SMILES string of the molecule is O=C(O)c1cn(CCS(=O)c2cccc(Br)c2)nn1. The van der Waals surface area contributed by atoms with Gasteiger partial charge in [-0.05, 0) is 18.2 Å². The summed E-state index contributed by atoms with van der Waals surface area (Å²) in [6, 6.07) is 7.25. The first-order chi connectivity index (χ1) is 9.06. The number of benzene rings is 1. The first kappa shape index (κ1) is 13.9. The fraction of sp³-hybridized carbons (Fsp3) is 0.182. The van der Waals surface area contributed by atoms with Gasteiger partial charge < -0.3 is 5.11 Å². The number of aromatic nitrogens is 3. The van der Waals surface area contributed by atoms with Crippen molar-refractivity contribution >= 4 is 32.7 Å². The molecule has 2 rings (SSSR count). The van der Waals surface area contributed by atoms with Crippen molar-refractivity contribution in [2.75, 3.05) is 5.75 Å². The molecule has 0 saturated carbocycles. The molecule has 1 aromatic heterocycles. The maximum Gasteiger partial charge on any atom is 0.358 e. The summed E-state index contributed by atoms with van der Waals surface area (Å²) in [6.45, 7) is 0.347. The lowest BCUT2D eigenvalue weighted by Crippen LogP contribution is -2.08. The zero-order chi connectivity index (χ0) is 13.8. The van der Waals surface area contributed by atoms with Gasteiger partial charge in [-0.15, -0.1) is 5.10 Å². The number of hydrogen-bond acceptors (Lipinski definition) is 4. The Morgan fingerprint density at radius 3 is 2.89 bits per heavy atom. The van der Waals surface area contributed by atoms with Crippen molar-refractivity contribution in [1.29, 1.82) is 0 Å². The second-order valence-corrected chi connectivity index (χ2v) is 6.17. The number of aryl methyl sites for hydroxylation is 1. The second-order valence-electron chi connectivity index (χ2n) is 3.68. The van der Waals surface area contributed by atoms with E-state index >= 15 is 0 Å². The monoisotopic (exact) mass is 343 g/mol. The fourth-order valence-electron chi connectivity index (χ4n) is 1.41. The highest BCUT2D eigenvalue weighted by molar-refractivity contribution is 9.10. The van der Waals surface area contributed by atoms with Crippen LogP contribution in [0.25, 0.3) is 0 Å². The lowest BCUT2D eigenvalue weighted by Gasteiger charge is -2.02. The van der Waals surface area contributed by atoms with Gasteiger partial charge in [-0.3, -0.25) is 8.89 Å². The number of hydrogen-bond donors (Lipinski definition) is 1. The highest BCUT2D eigenvalue weighted by atomic mass is 79.9. The summed E-state index contributed by atoms with van der Waals surface area (Å²) < 4.78 is 14.3. The standard InChI is InChI=1S/C11H10BrN3O3S/c12-8-2-1-3-9(6-8)19(18)5-4-15-7-10(11(16)17)13-14-15/h1-3,6-7H,4-5H2,(H,16,17). The Labute approximate surface area is 120 Å². The molecule has 6 nitrogen and oxygen atoms in total. The molecule has 0 fully saturated rings. The summed E-state index contributed by atoms with van der Waals surface area (Å²) in [5, 5.41) is 15.9. The molecule has 0 bridgehead atoms. The van der Waals surface area contributed by atoms with E-state index < -0.39 is 16.8 Å². The molecule has 100 valence electrons. The zero-order valence-electron chi connectivity index (χ0n) is 9.69. The summed E-state index contributed by atoms with van der Waals surface area (Å²) in [5.41, 5.74) is -0.117. The van der Waals surface area contributed by atoms with Gasteiger partial charge in [0.15, 0.2) is 5.69 Å². The van der Waals surface area contributed by atoms with Gasteiger partial charge in [0.1, 0.15) is 0 Å². The summed E-state index contributed by atoms with van der Waals surface area (Å²) in [6.07, 6.45) is 1.32. The van der Waals surface area contributed by atoms with Crippen LogP contribution < -0.4 is 0 Å². The lowest BCUT2D eigenvalue weighted by atomic mass is 10.4. The molecule has 0 spiro atoms. The molecule has 2 aromatic rings. The molecule has 1 heterocycles. The largest absolute Gasteiger partial charge is 0.476 e. The Morgan fingerprint density at radius 2 is 2.26 bits per heavy atom. The third-order valence-electron chi connectivity index (χ3n) is 2.32. The van der Waals surface area contributed by atoms with Crippen LogP contribution in [0.3, 0.4) is 0 Å². The fourth-order valence-corrected chi connectivity index (χ4v) is 3.04. The van der Waals surface area contributed by atoms with E-state index in [9.17, 15) is 9.00 Å². The van der Waals surface area contributed by atoms with Crippen molar-refractivity contribution in [2.24, 2.45) is 0 Å².